The molecule has 0 saturated heterocycles. The molecule has 0 saturated carbocycles. The lowest BCUT2D eigenvalue weighted by molar-refractivity contribution is -0.141. The molecule has 0 bridgehead atoms. The molecule has 0 fully saturated rings. The predicted molar refractivity (Wildman–Crippen MR) is 48.7 cm³/mol. The van der Waals surface area contributed by atoms with Crippen LogP contribution in [0.25, 0.3) is 0 Å². The minimum absolute atomic E-state index is 0.0794. The molecule has 8 heteroatoms. The maximum atomic E-state index is 12.1. The van der Waals surface area contributed by atoms with Crippen LogP contribution in [0.15, 0.2) is 0 Å². The third-order valence-corrected chi connectivity index (χ3v) is 2.17. The van der Waals surface area contributed by atoms with E-state index in [4.69, 9.17) is 17.3 Å². The molecule has 0 amide bonds. The summed E-state index contributed by atoms with van der Waals surface area (Å²) in [5.74, 6) is 0.108. The molecule has 0 spiro atoms. The minimum Gasteiger partial charge on any atom is -0.388 e. The van der Waals surface area contributed by atoms with Crippen molar-refractivity contribution in [3.8, 4) is 0 Å². The van der Waals surface area contributed by atoms with E-state index < -0.39 is 25.2 Å². The van der Waals surface area contributed by atoms with E-state index in [0.717, 1.165) is 0 Å². The van der Waals surface area contributed by atoms with Crippen molar-refractivity contribution in [2.24, 2.45) is 0 Å². The first-order valence-electron chi connectivity index (χ1n) is 4.18. The van der Waals surface area contributed by atoms with Crippen molar-refractivity contribution in [2.75, 3.05) is 0 Å². The Labute approximate surface area is 88.7 Å². The summed E-state index contributed by atoms with van der Waals surface area (Å²) in [6, 6.07) is -0.876. The second kappa shape index (κ2) is 4.31. The van der Waals surface area contributed by atoms with Crippen LogP contribution in [0.2, 0.25) is 0 Å². The number of H-pyrrole nitrogens is 1. The van der Waals surface area contributed by atoms with Crippen LogP contribution in [0, 0.1) is 4.77 Å². The normalized spacial score (nSPS) is 14.2. The minimum atomic E-state index is -4.27. The smallest absolute Gasteiger partial charge is 0.388 e. The van der Waals surface area contributed by atoms with Gasteiger partial charge >= 0.3 is 6.18 Å². The molecule has 15 heavy (non-hydrogen) atoms. The number of nitrogens with zero attached hydrogens (tertiary/aromatic N) is 2. The summed E-state index contributed by atoms with van der Waals surface area (Å²) in [7, 11) is 0. The fraction of sp³-hybridized carbons (Fsp3) is 0.714. The van der Waals surface area contributed by atoms with Crippen LogP contribution in [0.4, 0.5) is 13.2 Å². The summed E-state index contributed by atoms with van der Waals surface area (Å²) in [6.45, 7) is 0.924. The second-order valence-electron chi connectivity index (χ2n) is 3.14. The van der Waals surface area contributed by atoms with E-state index in [0.29, 0.717) is 0 Å². The quantitative estimate of drug-likeness (QED) is 0.795. The zero-order chi connectivity index (χ0) is 11.6. The molecule has 0 radical (unpaired) electrons. The lowest BCUT2D eigenvalue weighted by atomic mass is 10.2. The summed E-state index contributed by atoms with van der Waals surface area (Å²) >= 11 is 4.77. The van der Waals surface area contributed by atoms with Crippen molar-refractivity contribution >= 4 is 12.2 Å². The maximum absolute atomic E-state index is 12.1. The van der Waals surface area contributed by atoms with Crippen LogP contribution in [-0.2, 0) is 6.61 Å². The highest BCUT2D eigenvalue weighted by atomic mass is 32.1. The van der Waals surface area contributed by atoms with Gasteiger partial charge in [-0.05, 0) is 19.1 Å². The summed E-state index contributed by atoms with van der Waals surface area (Å²) in [6.07, 6.45) is -5.27. The predicted octanol–water partition coefficient (Wildman–Crippen LogP) is 1.95. The lowest BCUT2D eigenvalue weighted by Gasteiger charge is -2.16. The Morgan fingerprint density at radius 1 is 1.60 bits per heavy atom. The molecule has 1 aromatic heterocycles. The SMILES string of the molecule is CC(CC(F)(F)F)n1c(CO)n[nH]c1=S. The third-order valence-electron chi connectivity index (χ3n) is 1.89. The molecule has 86 valence electrons. The average molecular weight is 241 g/mol. The van der Waals surface area contributed by atoms with E-state index in [1.165, 1.54) is 11.5 Å². The summed E-state index contributed by atoms with van der Waals surface area (Å²) < 4.78 is 37.6. The van der Waals surface area contributed by atoms with Crippen LogP contribution in [0.3, 0.4) is 0 Å². The van der Waals surface area contributed by atoms with Crippen molar-refractivity contribution in [3.63, 3.8) is 0 Å². The topological polar surface area (TPSA) is 53.8 Å². The molecule has 0 aliphatic rings. The number of aliphatic hydroxyl groups is 1. The highest BCUT2D eigenvalue weighted by Crippen LogP contribution is 2.28. The van der Waals surface area contributed by atoms with E-state index >= 15 is 0 Å². The Kier molecular flexibility index (Phi) is 3.50. The first-order chi connectivity index (χ1) is 6.85. The molecule has 1 heterocycles. The van der Waals surface area contributed by atoms with Gasteiger partial charge in [0.05, 0.1) is 6.42 Å². The van der Waals surface area contributed by atoms with Gasteiger partial charge in [0.1, 0.15) is 6.61 Å². The van der Waals surface area contributed by atoms with Gasteiger partial charge in [0, 0.05) is 6.04 Å². The van der Waals surface area contributed by atoms with Gasteiger partial charge in [-0.25, -0.2) is 0 Å². The first kappa shape index (κ1) is 12.2. The van der Waals surface area contributed by atoms with Gasteiger partial charge in [-0.1, -0.05) is 0 Å². The Balaban J connectivity index is 2.95. The van der Waals surface area contributed by atoms with E-state index in [-0.39, 0.29) is 10.6 Å². The Bertz CT molecular complexity index is 384. The van der Waals surface area contributed by atoms with Gasteiger partial charge < -0.3 is 5.11 Å². The molecular formula is C7H10F3N3OS. The Morgan fingerprint density at radius 3 is 2.67 bits per heavy atom. The zero-order valence-corrected chi connectivity index (χ0v) is 8.69. The number of alkyl halides is 3. The Morgan fingerprint density at radius 2 is 2.20 bits per heavy atom. The van der Waals surface area contributed by atoms with Crippen LogP contribution < -0.4 is 0 Å². The van der Waals surface area contributed by atoms with Crippen molar-refractivity contribution in [2.45, 2.75) is 32.2 Å². The van der Waals surface area contributed by atoms with Gasteiger partial charge in [-0.2, -0.15) is 18.3 Å². The molecule has 0 aliphatic heterocycles. The fourth-order valence-electron chi connectivity index (χ4n) is 1.33. The summed E-state index contributed by atoms with van der Waals surface area (Å²) in [4.78, 5) is 0. The van der Waals surface area contributed by atoms with E-state index in [1.807, 2.05) is 0 Å². The number of aliphatic hydroxyl groups excluding tert-OH is 1. The van der Waals surface area contributed by atoms with Crippen LogP contribution >= 0.6 is 12.2 Å². The zero-order valence-electron chi connectivity index (χ0n) is 7.88. The largest absolute Gasteiger partial charge is 0.391 e. The molecule has 4 nitrogen and oxygen atoms in total. The molecule has 0 aliphatic carbocycles. The molecule has 1 unspecified atom stereocenters. The van der Waals surface area contributed by atoms with E-state index in [9.17, 15) is 13.2 Å². The monoisotopic (exact) mass is 241 g/mol. The van der Waals surface area contributed by atoms with Crippen LogP contribution in [0.5, 0.6) is 0 Å². The number of rotatable bonds is 3. The molecule has 1 rings (SSSR count). The van der Waals surface area contributed by atoms with Crippen LogP contribution in [-0.4, -0.2) is 26.0 Å². The van der Waals surface area contributed by atoms with Crippen molar-refractivity contribution in [3.05, 3.63) is 10.6 Å². The first-order valence-corrected chi connectivity index (χ1v) is 4.59. The fourth-order valence-corrected chi connectivity index (χ4v) is 1.66. The molecule has 0 aromatic carbocycles. The van der Waals surface area contributed by atoms with E-state index in [1.54, 1.807) is 0 Å². The van der Waals surface area contributed by atoms with Crippen LogP contribution in [0.1, 0.15) is 25.2 Å². The van der Waals surface area contributed by atoms with Gasteiger partial charge in [0.25, 0.3) is 0 Å². The van der Waals surface area contributed by atoms with Gasteiger partial charge in [-0.15, -0.1) is 0 Å². The lowest BCUT2D eigenvalue weighted by Crippen LogP contribution is -2.18. The van der Waals surface area contributed by atoms with Gasteiger partial charge in [0.15, 0.2) is 10.6 Å². The highest BCUT2D eigenvalue weighted by molar-refractivity contribution is 7.71. The molecular weight excluding hydrogens is 231 g/mol. The van der Waals surface area contributed by atoms with Crippen molar-refractivity contribution in [1.82, 2.24) is 14.8 Å². The average Bonchev–Trinajstić information content (AvgIpc) is 2.43. The van der Waals surface area contributed by atoms with Gasteiger partial charge in [-0.3, -0.25) is 9.67 Å². The van der Waals surface area contributed by atoms with Crippen molar-refractivity contribution in [1.29, 1.82) is 0 Å². The number of hydrogen-bond acceptors (Lipinski definition) is 3. The second-order valence-corrected chi connectivity index (χ2v) is 3.53. The summed E-state index contributed by atoms with van der Waals surface area (Å²) in [5.41, 5.74) is 0. The van der Waals surface area contributed by atoms with Gasteiger partial charge in [0.2, 0.25) is 0 Å². The van der Waals surface area contributed by atoms with E-state index in [2.05, 4.69) is 10.2 Å². The van der Waals surface area contributed by atoms with Crippen molar-refractivity contribution < 1.29 is 18.3 Å². The number of nitrogens with one attached hydrogen (secondary N) is 1. The molecule has 1 atom stereocenters. The highest BCUT2D eigenvalue weighted by Gasteiger charge is 2.31. The molecule has 1 aromatic rings. The molecule has 2 N–H and O–H groups in total. The number of aromatic amines is 1. The number of hydrogen-bond donors (Lipinski definition) is 2. The number of aromatic nitrogens is 3. The maximum Gasteiger partial charge on any atom is 0.391 e. The standard InChI is InChI=1S/C7H10F3N3OS/c1-4(2-7(8,9)10)13-5(3-14)11-12-6(13)15/h4,14H,2-3H2,1H3,(H,12,15). The Hall–Kier alpha value is -0.890. The third kappa shape index (κ3) is 3.03. The number of halogens is 3. The summed E-state index contributed by atoms with van der Waals surface area (Å²) in [5, 5.41) is 14.8.